The highest BCUT2D eigenvalue weighted by Crippen LogP contribution is 2.30. The lowest BCUT2D eigenvalue weighted by molar-refractivity contribution is 0.0141. The zero-order valence-electron chi connectivity index (χ0n) is 9.53. The van der Waals surface area contributed by atoms with Crippen LogP contribution in [0.25, 0.3) is 0 Å². The van der Waals surface area contributed by atoms with Crippen LogP contribution >= 0.6 is 0 Å². The van der Waals surface area contributed by atoms with Gasteiger partial charge in [0.25, 0.3) is 0 Å². The highest BCUT2D eigenvalue weighted by molar-refractivity contribution is 5.19. The monoisotopic (exact) mass is 212 g/mol. The van der Waals surface area contributed by atoms with E-state index in [4.69, 9.17) is 0 Å². The summed E-state index contributed by atoms with van der Waals surface area (Å²) in [7, 11) is 3.70. The third-order valence-electron chi connectivity index (χ3n) is 2.92. The lowest BCUT2D eigenvalue weighted by atomic mass is 9.90. The van der Waals surface area contributed by atoms with Crippen LogP contribution in [-0.4, -0.2) is 34.6 Å². The first kappa shape index (κ1) is 12.1. The van der Waals surface area contributed by atoms with Gasteiger partial charge in [-0.2, -0.15) is 0 Å². The van der Waals surface area contributed by atoms with Crippen molar-refractivity contribution in [3.05, 3.63) is 29.8 Å². The van der Waals surface area contributed by atoms with Gasteiger partial charge in [0, 0.05) is 17.3 Å². The molecule has 0 saturated carbocycles. The number of halogens is 1. The highest BCUT2D eigenvalue weighted by atomic mass is 19.1. The van der Waals surface area contributed by atoms with Crippen molar-refractivity contribution >= 4 is 0 Å². The summed E-state index contributed by atoms with van der Waals surface area (Å²) in [5.74, 6) is -0.472. The maximum absolute atomic E-state index is 13.4. The lowest BCUT2D eigenvalue weighted by Crippen LogP contribution is -2.44. The largest absolute Gasteiger partial charge is 0.386 e. The third kappa shape index (κ3) is 2.33. The van der Waals surface area contributed by atoms with Crippen LogP contribution in [0.2, 0.25) is 0 Å². The second-order valence-corrected chi connectivity index (χ2v) is 4.35. The molecular formula is C11H17FN2O. The maximum Gasteiger partial charge on any atom is 0.147 e. The predicted molar refractivity (Wildman–Crippen MR) is 56.9 cm³/mol. The molecule has 0 radical (unpaired) electrons. The molecule has 0 aliphatic heterocycles. The number of hydrogen-bond donors (Lipinski definition) is 1. The zero-order valence-corrected chi connectivity index (χ0v) is 9.53. The summed E-state index contributed by atoms with van der Waals surface area (Å²) < 4.78 is 13.4. The van der Waals surface area contributed by atoms with E-state index in [2.05, 4.69) is 4.98 Å². The van der Waals surface area contributed by atoms with Gasteiger partial charge in [0.2, 0.25) is 0 Å². The Labute approximate surface area is 89.6 Å². The van der Waals surface area contributed by atoms with E-state index in [0.717, 1.165) is 6.20 Å². The fourth-order valence-electron chi connectivity index (χ4n) is 1.23. The molecule has 0 spiro atoms. The first-order chi connectivity index (χ1) is 6.87. The molecule has 0 fully saturated rings. The fraction of sp³-hybridized carbons (Fsp3) is 0.545. The second kappa shape index (κ2) is 4.24. The van der Waals surface area contributed by atoms with Gasteiger partial charge in [-0.25, -0.2) is 4.39 Å². The average Bonchev–Trinajstić information content (AvgIpc) is 2.17. The number of aromatic nitrogens is 1. The molecule has 3 nitrogen and oxygen atoms in total. The predicted octanol–water partition coefficient (Wildman–Crippen LogP) is 1.59. The van der Waals surface area contributed by atoms with Crippen molar-refractivity contribution in [2.24, 2.45) is 0 Å². The molecule has 0 aliphatic carbocycles. The van der Waals surface area contributed by atoms with Crippen LogP contribution in [0, 0.1) is 5.82 Å². The van der Waals surface area contributed by atoms with Gasteiger partial charge in [0.15, 0.2) is 0 Å². The molecule has 1 aromatic heterocycles. The summed E-state index contributed by atoms with van der Waals surface area (Å²) in [6.45, 7) is 3.72. The summed E-state index contributed by atoms with van der Waals surface area (Å²) in [5, 5.41) is 10.1. The van der Waals surface area contributed by atoms with Crippen LogP contribution < -0.4 is 0 Å². The minimum atomic E-state index is -0.879. The average molecular weight is 212 g/mol. The molecular weight excluding hydrogens is 195 g/mol. The van der Waals surface area contributed by atoms with Crippen molar-refractivity contribution in [2.45, 2.75) is 25.5 Å². The Bertz CT molecular complexity index is 339. The second-order valence-electron chi connectivity index (χ2n) is 4.35. The minimum Gasteiger partial charge on any atom is -0.386 e. The zero-order chi connectivity index (χ0) is 11.6. The number of pyridine rings is 1. The molecule has 1 heterocycles. The number of hydrogen-bond acceptors (Lipinski definition) is 3. The van der Waals surface area contributed by atoms with Gasteiger partial charge in [-0.3, -0.25) is 4.98 Å². The normalized spacial score (nSPS) is 14.3. The number of rotatable bonds is 3. The molecule has 4 heteroatoms. The van der Waals surface area contributed by atoms with E-state index in [1.807, 2.05) is 32.8 Å². The van der Waals surface area contributed by atoms with E-state index in [1.165, 1.54) is 12.3 Å². The van der Waals surface area contributed by atoms with Crippen molar-refractivity contribution in [2.75, 3.05) is 14.1 Å². The van der Waals surface area contributed by atoms with Gasteiger partial charge in [0.1, 0.15) is 5.82 Å². The molecule has 0 aliphatic rings. The Balaban J connectivity index is 3.04. The highest BCUT2D eigenvalue weighted by Gasteiger charge is 2.32. The minimum absolute atomic E-state index is 0.281. The van der Waals surface area contributed by atoms with E-state index in [0.29, 0.717) is 0 Å². The summed E-state index contributed by atoms with van der Waals surface area (Å²) in [6.07, 6.45) is 1.72. The maximum atomic E-state index is 13.4. The van der Waals surface area contributed by atoms with Crippen LogP contribution in [0.3, 0.4) is 0 Å². The van der Waals surface area contributed by atoms with E-state index in [-0.39, 0.29) is 5.56 Å². The lowest BCUT2D eigenvalue weighted by Gasteiger charge is -2.37. The van der Waals surface area contributed by atoms with Crippen LogP contribution in [0.4, 0.5) is 4.39 Å². The number of aliphatic hydroxyl groups excluding tert-OH is 1. The molecule has 1 aromatic rings. The molecule has 0 amide bonds. The third-order valence-corrected chi connectivity index (χ3v) is 2.92. The van der Waals surface area contributed by atoms with Crippen molar-refractivity contribution in [1.29, 1.82) is 0 Å². The van der Waals surface area contributed by atoms with Crippen LogP contribution in [-0.2, 0) is 0 Å². The molecule has 1 atom stereocenters. The molecule has 0 bridgehead atoms. The first-order valence-electron chi connectivity index (χ1n) is 4.82. The Kier molecular flexibility index (Phi) is 3.42. The van der Waals surface area contributed by atoms with Crippen molar-refractivity contribution in [3.8, 4) is 0 Å². The van der Waals surface area contributed by atoms with E-state index >= 15 is 0 Å². The van der Waals surface area contributed by atoms with Crippen molar-refractivity contribution in [3.63, 3.8) is 0 Å². The van der Waals surface area contributed by atoms with Crippen LogP contribution in [0.5, 0.6) is 0 Å². The molecule has 15 heavy (non-hydrogen) atoms. The van der Waals surface area contributed by atoms with Gasteiger partial charge < -0.3 is 10.0 Å². The quantitative estimate of drug-likeness (QED) is 0.826. The SMILES string of the molecule is CN(C)C(C)(C)C(O)c1ccncc1F. The molecule has 1 unspecified atom stereocenters. The van der Waals surface area contributed by atoms with Gasteiger partial charge in [-0.15, -0.1) is 0 Å². The Morgan fingerprint density at radius 3 is 2.53 bits per heavy atom. The van der Waals surface area contributed by atoms with Gasteiger partial charge in [-0.05, 0) is 34.0 Å². The first-order valence-corrected chi connectivity index (χ1v) is 4.82. The summed E-state index contributed by atoms with van der Waals surface area (Å²) in [5.41, 5.74) is -0.244. The van der Waals surface area contributed by atoms with Crippen LogP contribution in [0.1, 0.15) is 25.5 Å². The van der Waals surface area contributed by atoms with Gasteiger partial charge in [-0.1, -0.05) is 0 Å². The summed E-state index contributed by atoms with van der Waals surface area (Å²) >= 11 is 0. The van der Waals surface area contributed by atoms with Crippen molar-refractivity contribution in [1.82, 2.24) is 9.88 Å². The van der Waals surface area contributed by atoms with Gasteiger partial charge >= 0.3 is 0 Å². The fourth-order valence-corrected chi connectivity index (χ4v) is 1.23. The van der Waals surface area contributed by atoms with E-state index < -0.39 is 17.5 Å². The van der Waals surface area contributed by atoms with E-state index in [9.17, 15) is 9.50 Å². The smallest absolute Gasteiger partial charge is 0.147 e. The molecule has 1 rings (SSSR count). The van der Waals surface area contributed by atoms with E-state index in [1.54, 1.807) is 0 Å². The summed E-state index contributed by atoms with van der Waals surface area (Å²) in [4.78, 5) is 5.51. The topological polar surface area (TPSA) is 36.4 Å². The number of nitrogens with zero attached hydrogens (tertiary/aromatic N) is 2. The van der Waals surface area contributed by atoms with Gasteiger partial charge in [0.05, 0.1) is 12.3 Å². The molecule has 0 saturated heterocycles. The molecule has 84 valence electrons. The van der Waals surface area contributed by atoms with Crippen LogP contribution in [0.15, 0.2) is 18.5 Å². The Morgan fingerprint density at radius 1 is 1.47 bits per heavy atom. The molecule has 1 N–H and O–H groups in total. The van der Waals surface area contributed by atoms with Crippen molar-refractivity contribution < 1.29 is 9.50 Å². The Morgan fingerprint density at radius 2 is 2.07 bits per heavy atom. The standard InChI is InChI=1S/C11H17FN2O/c1-11(2,14(3)4)10(15)8-5-6-13-7-9(8)12/h5-7,10,15H,1-4H3. The Hall–Kier alpha value is -1.00. The number of aliphatic hydroxyl groups is 1. The molecule has 0 aromatic carbocycles. The number of likely N-dealkylation sites (N-methyl/N-ethyl adjacent to an activating group) is 1. The summed E-state index contributed by atoms with van der Waals surface area (Å²) in [6, 6.07) is 1.51.